The molecule has 1 aliphatic rings. The maximum Gasteiger partial charge on any atom is 0.0572 e. The van der Waals surface area contributed by atoms with Gasteiger partial charge in [0.2, 0.25) is 0 Å². The molecule has 1 N–H and O–H groups in total. The van der Waals surface area contributed by atoms with Crippen LogP contribution in [0.5, 0.6) is 0 Å². The lowest BCUT2D eigenvalue weighted by Crippen LogP contribution is -2.26. The molecule has 0 saturated heterocycles. The topological polar surface area (TPSA) is 33.1 Å². The van der Waals surface area contributed by atoms with Gasteiger partial charge in [0.15, 0.2) is 0 Å². The molecule has 1 aromatic rings. The second-order valence-corrected chi connectivity index (χ2v) is 4.83. The second kappa shape index (κ2) is 5.44. The summed E-state index contributed by atoms with van der Waals surface area (Å²) in [4.78, 5) is 4.47. The van der Waals surface area contributed by atoms with Crippen LogP contribution in [0.15, 0.2) is 18.3 Å². The van der Waals surface area contributed by atoms with Gasteiger partial charge in [-0.15, -0.1) is 0 Å². The Balaban J connectivity index is 1.96. The number of rotatable bonds is 3. The Kier molecular flexibility index (Phi) is 3.94. The van der Waals surface area contributed by atoms with E-state index in [0.29, 0.717) is 5.92 Å². The molecule has 1 aromatic heterocycles. The van der Waals surface area contributed by atoms with Crippen molar-refractivity contribution in [3.05, 3.63) is 29.6 Å². The van der Waals surface area contributed by atoms with E-state index in [-0.39, 0.29) is 6.10 Å². The quantitative estimate of drug-likeness (QED) is 0.848. The van der Waals surface area contributed by atoms with Crippen LogP contribution in [-0.4, -0.2) is 16.2 Å². The van der Waals surface area contributed by atoms with E-state index in [1.807, 2.05) is 6.20 Å². The minimum absolute atomic E-state index is 0.110. The number of aliphatic hydroxyl groups is 1. The van der Waals surface area contributed by atoms with Crippen molar-refractivity contribution in [2.24, 2.45) is 5.92 Å². The lowest BCUT2D eigenvalue weighted by Gasteiger charge is -2.27. The summed E-state index contributed by atoms with van der Waals surface area (Å²) in [7, 11) is 0. The third-order valence-electron chi connectivity index (χ3n) is 3.63. The number of aryl methyl sites for hydroxylation is 1. The highest BCUT2D eigenvalue weighted by Crippen LogP contribution is 2.26. The first-order valence-electron chi connectivity index (χ1n) is 6.41. The van der Waals surface area contributed by atoms with Crippen LogP contribution in [0.3, 0.4) is 0 Å². The van der Waals surface area contributed by atoms with Gasteiger partial charge in [-0.1, -0.05) is 25.8 Å². The molecule has 16 heavy (non-hydrogen) atoms. The first-order valence-corrected chi connectivity index (χ1v) is 6.41. The van der Waals surface area contributed by atoms with Crippen molar-refractivity contribution < 1.29 is 5.11 Å². The number of hydrogen-bond donors (Lipinski definition) is 1. The van der Waals surface area contributed by atoms with E-state index in [1.165, 1.54) is 18.4 Å². The Labute approximate surface area is 97.7 Å². The molecular formula is C14H21NO. The molecule has 0 amide bonds. The fourth-order valence-corrected chi connectivity index (χ4v) is 2.48. The lowest BCUT2D eigenvalue weighted by molar-refractivity contribution is 0.0695. The molecule has 2 rings (SSSR count). The van der Waals surface area contributed by atoms with Crippen molar-refractivity contribution in [3.8, 4) is 0 Å². The maximum atomic E-state index is 9.90. The first-order chi connectivity index (χ1) is 7.79. The number of hydrogen-bond acceptors (Lipinski definition) is 2. The monoisotopic (exact) mass is 219 g/mol. The van der Waals surface area contributed by atoms with Gasteiger partial charge in [0.25, 0.3) is 0 Å². The van der Waals surface area contributed by atoms with Crippen molar-refractivity contribution in [1.29, 1.82) is 0 Å². The molecule has 0 aromatic carbocycles. The summed E-state index contributed by atoms with van der Waals surface area (Å²) in [5, 5.41) is 9.90. The average Bonchev–Trinajstić information content (AvgIpc) is 2.33. The summed E-state index contributed by atoms with van der Waals surface area (Å²) in [6.45, 7) is 2.14. The second-order valence-electron chi connectivity index (χ2n) is 4.83. The molecule has 1 aliphatic carbocycles. The Bertz CT molecular complexity index is 320. The average molecular weight is 219 g/mol. The van der Waals surface area contributed by atoms with E-state index in [0.717, 1.165) is 31.4 Å². The van der Waals surface area contributed by atoms with Crippen molar-refractivity contribution >= 4 is 0 Å². The normalized spacial score (nSPS) is 25.6. The molecule has 0 radical (unpaired) electrons. The molecule has 0 aliphatic heterocycles. The van der Waals surface area contributed by atoms with Crippen molar-refractivity contribution in [3.63, 3.8) is 0 Å². The Morgan fingerprint density at radius 1 is 1.31 bits per heavy atom. The minimum atomic E-state index is -0.110. The first kappa shape index (κ1) is 11.6. The Hall–Kier alpha value is -0.890. The molecule has 0 bridgehead atoms. The zero-order valence-electron chi connectivity index (χ0n) is 10.0. The van der Waals surface area contributed by atoms with Gasteiger partial charge in [0.05, 0.1) is 6.10 Å². The predicted molar refractivity (Wildman–Crippen MR) is 65.3 cm³/mol. The number of aromatic nitrogens is 1. The van der Waals surface area contributed by atoms with Crippen LogP contribution in [0, 0.1) is 5.92 Å². The SMILES string of the molecule is CCc1ccc(CC2CCCCC2O)nc1. The molecule has 0 spiro atoms. The number of nitrogens with zero attached hydrogens (tertiary/aromatic N) is 1. The van der Waals surface area contributed by atoms with E-state index < -0.39 is 0 Å². The Morgan fingerprint density at radius 2 is 2.12 bits per heavy atom. The molecule has 88 valence electrons. The molecule has 1 fully saturated rings. The summed E-state index contributed by atoms with van der Waals surface area (Å²) >= 11 is 0. The standard InChI is InChI=1S/C14H21NO/c1-2-11-7-8-13(15-10-11)9-12-5-3-4-6-14(12)16/h7-8,10,12,14,16H,2-6,9H2,1H3. The van der Waals surface area contributed by atoms with Crippen LogP contribution >= 0.6 is 0 Å². The fourth-order valence-electron chi connectivity index (χ4n) is 2.48. The van der Waals surface area contributed by atoms with E-state index >= 15 is 0 Å². The lowest BCUT2D eigenvalue weighted by atomic mass is 9.83. The highest BCUT2D eigenvalue weighted by atomic mass is 16.3. The van der Waals surface area contributed by atoms with Gasteiger partial charge in [-0.25, -0.2) is 0 Å². The van der Waals surface area contributed by atoms with Crippen LogP contribution in [-0.2, 0) is 12.8 Å². The van der Waals surface area contributed by atoms with Gasteiger partial charge in [0, 0.05) is 11.9 Å². The molecule has 2 unspecified atom stereocenters. The molecule has 2 nitrogen and oxygen atoms in total. The van der Waals surface area contributed by atoms with Crippen LogP contribution in [0.1, 0.15) is 43.9 Å². The molecule has 2 heteroatoms. The van der Waals surface area contributed by atoms with Crippen molar-refractivity contribution in [2.75, 3.05) is 0 Å². The van der Waals surface area contributed by atoms with Gasteiger partial charge < -0.3 is 5.11 Å². The van der Waals surface area contributed by atoms with Gasteiger partial charge in [-0.05, 0) is 43.2 Å². The Morgan fingerprint density at radius 3 is 2.75 bits per heavy atom. The van der Waals surface area contributed by atoms with E-state index in [4.69, 9.17) is 0 Å². The summed E-state index contributed by atoms with van der Waals surface area (Å²) in [6, 6.07) is 4.26. The molecule has 2 atom stereocenters. The molecule has 1 heterocycles. The predicted octanol–water partition coefficient (Wildman–Crippen LogP) is 2.74. The summed E-state index contributed by atoms with van der Waals surface area (Å²) in [6.07, 6.45) is 8.39. The smallest absolute Gasteiger partial charge is 0.0572 e. The van der Waals surface area contributed by atoms with Crippen molar-refractivity contribution in [2.45, 2.75) is 51.6 Å². The highest BCUT2D eigenvalue weighted by molar-refractivity contribution is 5.14. The zero-order chi connectivity index (χ0) is 11.4. The number of aliphatic hydroxyl groups excluding tert-OH is 1. The van der Waals surface area contributed by atoms with Gasteiger partial charge in [0.1, 0.15) is 0 Å². The van der Waals surface area contributed by atoms with Gasteiger partial charge >= 0.3 is 0 Å². The summed E-state index contributed by atoms with van der Waals surface area (Å²) in [5.41, 5.74) is 2.41. The van der Waals surface area contributed by atoms with E-state index in [2.05, 4.69) is 24.0 Å². The summed E-state index contributed by atoms with van der Waals surface area (Å²) < 4.78 is 0. The van der Waals surface area contributed by atoms with Crippen LogP contribution < -0.4 is 0 Å². The van der Waals surface area contributed by atoms with Crippen LogP contribution in [0.25, 0.3) is 0 Å². The number of pyridine rings is 1. The van der Waals surface area contributed by atoms with Crippen molar-refractivity contribution in [1.82, 2.24) is 4.98 Å². The van der Waals surface area contributed by atoms with Gasteiger partial charge in [-0.2, -0.15) is 0 Å². The molecular weight excluding hydrogens is 198 g/mol. The zero-order valence-corrected chi connectivity index (χ0v) is 10.0. The largest absolute Gasteiger partial charge is 0.393 e. The third kappa shape index (κ3) is 2.82. The molecule has 1 saturated carbocycles. The van der Waals surface area contributed by atoms with E-state index in [9.17, 15) is 5.11 Å². The van der Waals surface area contributed by atoms with E-state index in [1.54, 1.807) is 0 Å². The maximum absolute atomic E-state index is 9.90. The fraction of sp³-hybridized carbons (Fsp3) is 0.643. The summed E-state index contributed by atoms with van der Waals surface area (Å²) in [5.74, 6) is 0.425. The van der Waals surface area contributed by atoms with Gasteiger partial charge in [-0.3, -0.25) is 4.98 Å². The minimum Gasteiger partial charge on any atom is -0.393 e. The van der Waals surface area contributed by atoms with Crippen LogP contribution in [0.4, 0.5) is 0 Å². The van der Waals surface area contributed by atoms with Crippen LogP contribution in [0.2, 0.25) is 0 Å². The highest BCUT2D eigenvalue weighted by Gasteiger charge is 2.23. The third-order valence-corrected chi connectivity index (χ3v) is 3.63.